The monoisotopic (exact) mass is 250 g/mol. The molecule has 0 aliphatic heterocycles. The van der Waals surface area contributed by atoms with E-state index >= 15 is 0 Å². The summed E-state index contributed by atoms with van der Waals surface area (Å²) >= 11 is 0. The van der Waals surface area contributed by atoms with Crippen molar-refractivity contribution in [1.82, 2.24) is 0 Å². The number of hydrogen-bond donors (Lipinski definition) is 2. The Morgan fingerprint density at radius 2 is 2.00 bits per heavy atom. The van der Waals surface area contributed by atoms with Crippen LogP contribution in [0.5, 0.6) is 5.75 Å². The van der Waals surface area contributed by atoms with E-state index < -0.39 is 11.6 Å². The standard InChI is InChI=1S/C14H18O4/c1-14(17,13(15)16)9-18-12-7-6-10-4-2-3-5-11(10)8-12/h6-8,17H,2-5,9H2,1H3,(H,15,16). The molecule has 1 aliphatic carbocycles. The minimum Gasteiger partial charge on any atom is -0.490 e. The molecule has 98 valence electrons. The van der Waals surface area contributed by atoms with Gasteiger partial charge in [0.1, 0.15) is 12.4 Å². The highest BCUT2D eigenvalue weighted by molar-refractivity contribution is 5.76. The number of ether oxygens (including phenoxy) is 1. The fourth-order valence-corrected chi connectivity index (χ4v) is 2.09. The molecule has 0 saturated heterocycles. The maximum Gasteiger partial charge on any atom is 0.339 e. The van der Waals surface area contributed by atoms with Gasteiger partial charge in [-0.1, -0.05) is 6.07 Å². The highest BCUT2D eigenvalue weighted by Crippen LogP contribution is 2.25. The summed E-state index contributed by atoms with van der Waals surface area (Å²) in [6.45, 7) is 0.981. The van der Waals surface area contributed by atoms with Crippen molar-refractivity contribution in [3.8, 4) is 5.75 Å². The molecule has 0 spiro atoms. The van der Waals surface area contributed by atoms with Crippen LogP contribution < -0.4 is 4.74 Å². The fraction of sp³-hybridized carbons (Fsp3) is 0.500. The Hall–Kier alpha value is -1.55. The average Bonchev–Trinajstić information content (AvgIpc) is 2.36. The van der Waals surface area contributed by atoms with Crippen LogP contribution in [0, 0.1) is 0 Å². The molecule has 1 aliphatic rings. The summed E-state index contributed by atoms with van der Waals surface area (Å²) in [5, 5.41) is 18.3. The molecule has 0 fully saturated rings. The van der Waals surface area contributed by atoms with Gasteiger partial charge in [-0.15, -0.1) is 0 Å². The third-order valence-electron chi connectivity index (χ3n) is 3.30. The lowest BCUT2D eigenvalue weighted by atomic mass is 9.92. The first-order chi connectivity index (χ1) is 8.49. The zero-order valence-electron chi connectivity index (χ0n) is 10.5. The third kappa shape index (κ3) is 2.82. The summed E-state index contributed by atoms with van der Waals surface area (Å²) in [6.07, 6.45) is 4.55. The molecule has 1 atom stereocenters. The smallest absolute Gasteiger partial charge is 0.339 e. The lowest BCUT2D eigenvalue weighted by molar-refractivity contribution is -0.159. The quantitative estimate of drug-likeness (QED) is 0.854. The van der Waals surface area contributed by atoms with Gasteiger partial charge in [-0.3, -0.25) is 0 Å². The number of aliphatic hydroxyl groups is 1. The lowest BCUT2D eigenvalue weighted by Gasteiger charge is -2.20. The SMILES string of the molecule is CC(O)(COc1ccc2c(c1)CCCC2)C(=O)O. The molecule has 4 heteroatoms. The van der Waals surface area contributed by atoms with E-state index in [1.807, 2.05) is 18.2 Å². The van der Waals surface area contributed by atoms with Crippen molar-refractivity contribution in [3.63, 3.8) is 0 Å². The van der Waals surface area contributed by atoms with Crippen molar-refractivity contribution in [2.24, 2.45) is 0 Å². The predicted octanol–water partition coefficient (Wildman–Crippen LogP) is 1.78. The number of benzene rings is 1. The third-order valence-corrected chi connectivity index (χ3v) is 3.30. The highest BCUT2D eigenvalue weighted by atomic mass is 16.5. The number of carboxylic acid groups (broad SMARTS) is 1. The van der Waals surface area contributed by atoms with E-state index in [9.17, 15) is 9.90 Å². The number of hydrogen-bond acceptors (Lipinski definition) is 3. The molecule has 4 nitrogen and oxygen atoms in total. The molecule has 0 bridgehead atoms. The van der Waals surface area contributed by atoms with E-state index in [0.29, 0.717) is 5.75 Å². The molecule has 0 saturated carbocycles. The van der Waals surface area contributed by atoms with Crippen molar-refractivity contribution in [3.05, 3.63) is 29.3 Å². The maximum absolute atomic E-state index is 10.7. The van der Waals surface area contributed by atoms with E-state index in [0.717, 1.165) is 12.8 Å². The highest BCUT2D eigenvalue weighted by Gasteiger charge is 2.31. The minimum atomic E-state index is -1.85. The number of aryl methyl sites for hydroxylation is 2. The zero-order chi connectivity index (χ0) is 13.2. The van der Waals surface area contributed by atoms with Crippen molar-refractivity contribution in [1.29, 1.82) is 0 Å². The molecule has 0 amide bonds. The van der Waals surface area contributed by atoms with Gasteiger partial charge in [0.2, 0.25) is 0 Å². The summed E-state index contributed by atoms with van der Waals surface area (Å²) in [5.74, 6) is -0.655. The topological polar surface area (TPSA) is 66.8 Å². The van der Waals surface area contributed by atoms with Gasteiger partial charge in [0.15, 0.2) is 5.60 Å². The van der Waals surface area contributed by atoms with Gasteiger partial charge in [-0.25, -0.2) is 4.79 Å². The number of fused-ring (bicyclic) bond motifs is 1. The maximum atomic E-state index is 10.7. The summed E-state index contributed by atoms with van der Waals surface area (Å²) in [5.41, 5.74) is 0.767. The van der Waals surface area contributed by atoms with Gasteiger partial charge in [-0.05, 0) is 55.9 Å². The Bertz CT molecular complexity index is 451. The lowest BCUT2D eigenvalue weighted by Crippen LogP contribution is -2.41. The van der Waals surface area contributed by atoms with Gasteiger partial charge in [0, 0.05) is 0 Å². The van der Waals surface area contributed by atoms with Crippen LogP contribution in [0.1, 0.15) is 30.9 Å². The van der Waals surface area contributed by atoms with Crippen molar-refractivity contribution in [2.45, 2.75) is 38.2 Å². The molecule has 1 aromatic rings. The molecular formula is C14H18O4. The molecule has 1 aromatic carbocycles. The largest absolute Gasteiger partial charge is 0.490 e. The van der Waals surface area contributed by atoms with Gasteiger partial charge in [0.25, 0.3) is 0 Å². The Labute approximate surface area is 106 Å². The van der Waals surface area contributed by atoms with Crippen LogP contribution in [-0.2, 0) is 17.6 Å². The second-order valence-electron chi connectivity index (χ2n) is 5.01. The first kappa shape index (κ1) is 12.9. The van der Waals surface area contributed by atoms with E-state index in [1.165, 1.54) is 30.9 Å². The summed E-state index contributed by atoms with van der Waals surface area (Å²) in [6, 6.07) is 5.81. The Kier molecular flexibility index (Phi) is 3.57. The summed E-state index contributed by atoms with van der Waals surface area (Å²) in [7, 11) is 0. The van der Waals surface area contributed by atoms with Gasteiger partial charge in [0.05, 0.1) is 0 Å². The molecular weight excluding hydrogens is 232 g/mol. The molecule has 2 N–H and O–H groups in total. The van der Waals surface area contributed by atoms with Crippen molar-refractivity contribution in [2.75, 3.05) is 6.61 Å². The molecule has 0 heterocycles. The number of carbonyl (C=O) groups is 1. The van der Waals surface area contributed by atoms with E-state index in [2.05, 4.69) is 0 Å². The first-order valence-corrected chi connectivity index (χ1v) is 6.19. The number of carboxylic acids is 1. The second kappa shape index (κ2) is 4.98. The van der Waals surface area contributed by atoms with Crippen LogP contribution in [0.25, 0.3) is 0 Å². The molecule has 0 radical (unpaired) electrons. The van der Waals surface area contributed by atoms with E-state index in [4.69, 9.17) is 9.84 Å². The van der Waals surface area contributed by atoms with Crippen LogP contribution in [0.3, 0.4) is 0 Å². The van der Waals surface area contributed by atoms with Gasteiger partial charge in [-0.2, -0.15) is 0 Å². The Balaban J connectivity index is 2.04. The predicted molar refractivity (Wildman–Crippen MR) is 66.8 cm³/mol. The van der Waals surface area contributed by atoms with Crippen LogP contribution in [-0.4, -0.2) is 28.4 Å². The number of aliphatic carboxylic acids is 1. The van der Waals surface area contributed by atoms with Crippen LogP contribution in [0.4, 0.5) is 0 Å². The van der Waals surface area contributed by atoms with E-state index in [1.54, 1.807) is 0 Å². The average molecular weight is 250 g/mol. The van der Waals surface area contributed by atoms with Crippen molar-refractivity contribution >= 4 is 5.97 Å². The molecule has 2 rings (SSSR count). The van der Waals surface area contributed by atoms with Crippen LogP contribution in [0.15, 0.2) is 18.2 Å². The zero-order valence-corrected chi connectivity index (χ0v) is 10.5. The van der Waals surface area contributed by atoms with Crippen LogP contribution in [0.2, 0.25) is 0 Å². The normalized spacial score (nSPS) is 17.7. The second-order valence-corrected chi connectivity index (χ2v) is 5.01. The van der Waals surface area contributed by atoms with E-state index in [-0.39, 0.29) is 6.61 Å². The summed E-state index contributed by atoms with van der Waals surface area (Å²) < 4.78 is 5.37. The molecule has 18 heavy (non-hydrogen) atoms. The van der Waals surface area contributed by atoms with Gasteiger partial charge < -0.3 is 14.9 Å². The Morgan fingerprint density at radius 1 is 1.33 bits per heavy atom. The summed E-state index contributed by atoms with van der Waals surface area (Å²) in [4.78, 5) is 10.7. The first-order valence-electron chi connectivity index (χ1n) is 6.19. The Morgan fingerprint density at radius 3 is 2.67 bits per heavy atom. The van der Waals surface area contributed by atoms with Gasteiger partial charge >= 0.3 is 5.97 Å². The minimum absolute atomic E-state index is 0.249. The number of rotatable bonds is 4. The molecule has 1 unspecified atom stereocenters. The van der Waals surface area contributed by atoms with Crippen molar-refractivity contribution < 1.29 is 19.7 Å². The fourth-order valence-electron chi connectivity index (χ4n) is 2.09. The van der Waals surface area contributed by atoms with Crippen LogP contribution >= 0.6 is 0 Å². The molecule has 0 aromatic heterocycles.